The number of aliphatic imine (C=N–C) groups is 1. The average molecular weight is 450 g/mol. The van der Waals surface area contributed by atoms with Crippen LogP contribution in [0, 0.1) is 0 Å². The van der Waals surface area contributed by atoms with E-state index in [0.717, 1.165) is 17.4 Å². The summed E-state index contributed by atoms with van der Waals surface area (Å²) in [7, 11) is 1.43. The number of aliphatic hydroxyl groups excluding tert-OH is 1. The third-order valence-corrected chi connectivity index (χ3v) is 3.36. The summed E-state index contributed by atoms with van der Waals surface area (Å²) >= 11 is 6.85. The molecule has 0 radical (unpaired) electrons. The Morgan fingerprint density at radius 2 is 1.86 bits per heavy atom. The summed E-state index contributed by atoms with van der Waals surface area (Å²) in [6, 6.07) is 9.35. The van der Waals surface area contributed by atoms with Crippen molar-refractivity contribution in [1.29, 1.82) is 0 Å². The van der Waals surface area contributed by atoms with Crippen LogP contribution in [0.5, 0.6) is 23.0 Å². The number of aliphatic hydroxyl groups is 1. The van der Waals surface area contributed by atoms with Crippen molar-refractivity contribution in [2.24, 2.45) is 4.99 Å². The van der Waals surface area contributed by atoms with Crippen molar-refractivity contribution in [2.45, 2.75) is 0 Å². The zero-order chi connectivity index (χ0) is 21.4. The van der Waals surface area contributed by atoms with E-state index in [1.807, 2.05) is 0 Å². The molecule has 5 N–H and O–H groups in total. The maximum atomic E-state index is 9.48. The van der Waals surface area contributed by atoms with E-state index < -0.39 is 0 Å². The van der Waals surface area contributed by atoms with E-state index in [4.69, 9.17) is 35.3 Å². The Kier molecular flexibility index (Phi) is 14.7. The molecule has 28 heavy (non-hydrogen) atoms. The van der Waals surface area contributed by atoms with Crippen LogP contribution in [0.15, 0.2) is 41.4 Å². The van der Waals surface area contributed by atoms with Crippen LogP contribution in [0.1, 0.15) is 5.56 Å². The molecular formula is C18H23ClN2O6V. The first-order chi connectivity index (χ1) is 13.5. The van der Waals surface area contributed by atoms with Gasteiger partial charge in [-0.15, -0.1) is 0 Å². The molecule has 0 aromatic heterocycles. The normalized spacial score (nSPS) is 9.79. The van der Waals surface area contributed by atoms with E-state index in [9.17, 15) is 5.11 Å². The quantitative estimate of drug-likeness (QED) is 0.248. The standard InChI is InChI=1S/C11H15ClN2O2.C7H8O3.O.V/c12-10-1-2-11(16)9(7-10)8-14-4-3-13-5-6-15;1-10-6-4-2-3-5(8)7(6)9;;/h1-2,7-8,13,15-16H,3-6H2;2-4,8-9H,1H3;;. The number of benzene rings is 2. The van der Waals surface area contributed by atoms with Gasteiger partial charge in [0.2, 0.25) is 0 Å². The molecule has 0 fully saturated rings. The summed E-state index contributed by atoms with van der Waals surface area (Å²) in [5, 5.41) is 39.5. The molecule has 8 nitrogen and oxygen atoms in total. The molecule has 0 unspecified atom stereocenters. The first-order valence-electron chi connectivity index (χ1n) is 8.02. The zero-order valence-corrected chi connectivity index (χ0v) is 17.4. The Morgan fingerprint density at radius 3 is 2.46 bits per heavy atom. The van der Waals surface area contributed by atoms with Crippen LogP contribution in [0.4, 0.5) is 0 Å². The summed E-state index contributed by atoms with van der Waals surface area (Å²) in [4.78, 5) is 4.13. The van der Waals surface area contributed by atoms with Gasteiger partial charge in [-0.2, -0.15) is 0 Å². The Bertz CT molecular complexity index is 733. The minimum absolute atomic E-state index is 0.124. The van der Waals surface area contributed by atoms with Crippen molar-refractivity contribution in [3.63, 3.8) is 0 Å². The molecule has 0 aliphatic rings. The van der Waals surface area contributed by atoms with Crippen molar-refractivity contribution in [1.82, 2.24) is 5.32 Å². The molecular weight excluding hydrogens is 427 g/mol. The fourth-order valence-corrected chi connectivity index (χ4v) is 2.00. The second-order valence-electron chi connectivity index (χ2n) is 5.04. The number of para-hydroxylation sites is 1. The predicted octanol–water partition coefficient (Wildman–Crippen LogP) is 2.03. The average Bonchev–Trinajstić information content (AvgIpc) is 2.71. The maximum absolute atomic E-state index is 9.48. The van der Waals surface area contributed by atoms with Crippen LogP contribution in [-0.2, 0) is 21.0 Å². The monoisotopic (exact) mass is 449 g/mol. The number of phenols is 3. The molecule has 0 saturated carbocycles. The number of rotatable bonds is 7. The van der Waals surface area contributed by atoms with Gasteiger partial charge in [-0.1, -0.05) is 17.7 Å². The van der Waals surface area contributed by atoms with Gasteiger partial charge in [0.05, 0.1) is 20.3 Å². The van der Waals surface area contributed by atoms with Crippen LogP contribution in [0.25, 0.3) is 0 Å². The molecule has 153 valence electrons. The number of ether oxygens (including phenoxy) is 1. The molecule has 0 amide bonds. The van der Waals surface area contributed by atoms with Gasteiger partial charge in [-0.05, 0) is 30.3 Å². The van der Waals surface area contributed by atoms with Crippen LogP contribution < -0.4 is 10.1 Å². The molecule has 2 aromatic carbocycles. The van der Waals surface area contributed by atoms with E-state index in [0.29, 0.717) is 30.2 Å². The van der Waals surface area contributed by atoms with Gasteiger partial charge in [0.15, 0.2) is 17.2 Å². The fraction of sp³-hybridized carbons (Fsp3) is 0.278. The molecule has 0 spiro atoms. The summed E-state index contributed by atoms with van der Waals surface area (Å²) in [6.45, 7) is 1.97. The van der Waals surface area contributed by atoms with E-state index in [2.05, 4.69) is 10.3 Å². The Hall–Kier alpha value is -2.10. The molecule has 0 aliphatic heterocycles. The van der Waals surface area contributed by atoms with Gasteiger partial charge < -0.3 is 30.5 Å². The Morgan fingerprint density at radius 1 is 1.14 bits per heavy atom. The number of halogens is 1. The van der Waals surface area contributed by atoms with Crippen molar-refractivity contribution in [3.8, 4) is 23.0 Å². The topological polar surface area (TPSA) is 132 Å². The van der Waals surface area contributed by atoms with E-state index in [1.165, 1.54) is 19.2 Å². The number of aromatic hydroxyl groups is 3. The first kappa shape index (κ1) is 25.9. The third kappa shape index (κ3) is 10.3. The fourth-order valence-electron chi connectivity index (χ4n) is 1.81. The Labute approximate surface area is 177 Å². The molecule has 0 bridgehead atoms. The van der Waals surface area contributed by atoms with Crippen LogP contribution >= 0.6 is 11.6 Å². The minimum atomic E-state index is -0.218. The molecule has 0 heterocycles. The number of phenolic OH excluding ortho intramolecular Hbond substituents is 3. The van der Waals surface area contributed by atoms with Crippen molar-refractivity contribution < 1.29 is 46.2 Å². The van der Waals surface area contributed by atoms with Gasteiger partial charge in [-0.25, -0.2) is 0 Å². The van der Waals surface area contributed by atoms with E-state index in [1.54, 1.807) is 30.5 Å². The molecule has 2 rings (SSSR count). The number of nitrogens with one attached hydrogen (secondary N) is 1. The van der Waals surface area contributed by atoms with E-state index >= 15 is 0 Å². The Balaban J connectivity index is 0.000000520. The molecule has 10 heteroatoms. The van der Waals surface area contributed by atoms with Crippen molar-refractivity contribution in [3.05, 3.63) is 47.0 Å². The second kappa shape index (κ2) is 15.9. The first-order valence-corrected chi connectivity index (χ1v) is 8.97. The van der Waals surface area contributed by atoms with Gasteiger partial charge in [0.1, 0.15) is 5.75 Å². The molecule has 2 aromatic rings. The molecule has 0 saturated heterocycles. The van der Waals surface area contributed by atoms with Crippen LogP contribution in [-0.4, -0.2) is 60.0 Å². The van der Waals surface area contributed by atoms with Crippen LogP contribution in [0.2, 0.25) is 5.02 Å². The summed E-state index contributed by atoms with van der Waals surface area (Å²) < 4.78 is 12.9. The molecule has 0 aliphatic carbocycles. The number of nitrogens with zero attached hydrogens (tertiary/aromatic N) is 1. The number of methoxy groups -OCH3 is 1. The summed E-state index contributed by atoms with van der Waals surface area (Å²) in [5.74, 6) is 0.0563. The zero-order valence-electron chi connectivity index (χ0n) is 15.2. The van der Waals surface area contributed by atoms with Gasteiger partial charge in [0.25, 0.3) is 0 Å². The summed E-state index contributed by atoms with van der Waals surface area (Å²) in [6.07, 6.45) is 1.59. The SMILES string of the molecule is COc1cccc(O)c1O.OCCNCCN=Cc1cc(Cl)ccc1O.[O]=[V]. The van der Waals surface area contributed by atoms with E-state index in [-0.39, 0.29) is 29.6 Å². The predicted molar refractivity (Wildman–Crippen MR) is 103 cm³/mol. The summed E-state index contributed by atoms with van der Waals surface area (Å²) in [5.41, 5.74) is 0.606. The van der Waals surface area contributed by atoms with Crippen molar-refractivity contribution >= 4 is 17.8 Å². The van der Waals surface area contributed by atoms with Crippen molar-refractivity contribution in [2.75, 3.05) is 33.4 Å². The van der Waals surface area contributed by atoms with Gasteiger partial charge in [0, 0.05) is 29.9 Å². The second-order valence-corrected chi connectivity index (χ2v) is 5.48. The molecule has 0 atom stereocenters. The number of hydrogen-bond donors (Lipinski definition) is 5. The third-order valence-electron chi connectivity index (χ3n) is 3.12. The number of hydrogen-bond acceptors (Lipinski definition) is 8. The van der Waals surface area contributed by atoms with Gasteiger partial charge >= 0.3 is 21.0 Å². The van der Waals surface area contributed by atoms with Gasteiger partial charge in [-0.3, -0.25) is 4.99 Å². The van der Waals surface area contributed by atoms with Crippen LogP contribution in [0.3, 0.4) is 0 Å².